The second-order valence-corrected chi connectivity index (χ2v) is 5.58. The van der Waals surface area contributed by atoms with Crippen LogP contribution in [0.25, 0.3) is 6.08 Å². The topological polar surface area (TPSA) is 46.6 Å². The summed E-state index contributed by atoms with van der Waals surface area (Å²) in [6, 6.07) is 6.92. The number of thioether (sulfide) groups is 1. The molecule has 0 saturated carbocycles. The van der Waals surface area contributed by atoms with E-state index in [9.17, 15) is 9.59 Å². The molecule has 0 bridgehead atoms. The Hall–Kier alpha value is -1.66. The van der Waals surface area contributed by atoms with Gasteiger partial charge >= 0.3 is 5.97 Å². The third-order valence-electron chi connectivity index (χ3n) is 2.43. The SMILES string of the molecule is CC(=O)Oc1ccc(C=C2SC(=S)N(C)C2=O)cc1. The third-order valence-corrected chi connectivity index (χ3v) is 3.91. The lowest BCUT2D eigenvalue weighted by molar-refractivity contribution is -0.131. The number of carbonyl (C=O) groups is 2. The summed E-state index contributed by atoms with van der Waals surface area (Å²) >= 11 is 6.33. The van der Waals surface area contributed by atoms with E-state index in [-0.39, 0.29) is 11.9 Å². The highest BCUT2D eigenvalue weighted by molar-refractivity contribution is 8.26. The highest BCUT2D eigenvalue weighted by atomic mass is 32.2. The largest absolute Gasteiger partial charge is 0.427 e. The average molecular weight is 293 g/mol. The van der Waals surface area contributed by atoms with Gasteiger partial charge in [-0.25, -0.2) is 0 Å². The summed E-state index contributed by atoms with van der Waals surface area (Å²) in [5, 5.41) is 0. The van der Waals surface area contributed by atoms with Crippen LogP contribution in [0.3, 0.4) is 0 Å². The first kappa shape index (κ1) is 13.8. The first-order valence-corrected chi connectivity index (χ1v) is 6.70. The number of amides is 1. The van der Waals surface area contributed by atoms with E-state index in [1.807, 2.05) is 0 Å². The number of likely N-dealkylation sites (N-methyl/N-ethyl adjacent to an activating group) is 1. The Balaban J connectivity index is 2.18. The zero-order chi connectivity index (χ0) is 14.0. The fourth-order valence-electron chi connectivity index (χ4n) is 1.50. The Morgan fingerprint density at radius 3 is 2.47 bits per heavy atom. The molecule has 6 heteroatoms. The standard InChI is InChI=1S/C13H11NO3S2/c1-8(15)17-10-5-3-9(4-6-10)7-11-12(16)14(2)13(18)19-11/h3-7H,1-2H3. The highest BCUT2D eigenvalue weighted by Crippen LogP contribution is 2.31. The minimum atomic E-state index is -0.361. The van der Waals surface area contributed by atoms with Crippen molar-refractivity contribution in [1.82, 2.24) is 4.90 Å². The predicted octanol–water partition coefficient (Wildman–Crippen LogP) is 2.44. The van der Waals surface area contributed by atoms with Gasteiger partial charge in [0.15, 0.2) is 0 Å². The molecule has 0 unspecified atom stereocenters. The second-order valence-electron chi connectivity index (χ2n) is 3.90. The van der Waals surface area contributed by atoms with E-state index >= 15 is 0 Å². The molecule has 1 saturated heterocycles. The number of esters is 1. The van der Waals surface area contributed by atoms with E-state index < -0.39 is 0 Å². The van der Waals surface area contributed by atoms with Crippen molar-refractivity contribution in [2.75, 3.05) is 7.05 Å². The number of carbonyl (C=O) groups excluding carboxylic acids is 2. The molecular formula is C13H11NO3S2. The van der Waals surface area contributed by atoms with Crippen LogP contribution in [0.4, 0.5) is 0 Å². The number of benzene rings is 1. The van der Waals surface area contributed by atoms with Crippen LogP contribution in [0, 0.1) is 0 Å². The van der Waals surface area contributed by atoms with Gasteiger partial charge in [0.05, 0.1) is 4.91 Å². The van der Waals surface area contributed by atoms with Crippen molar-refractivity contribution in [3.63, 3.8) is 0 Å². The summed E-state index contributed by atoms with van der Waals surface area (Å²) in [5.41, 5.74) is 0.852. The fraction of sp³-hybridized carbons (Fsp3) is 0.154. The van der Waals surface area contributed by atoms with Crippen molar-refractivity contribution in [1.29, 1.82) is 0 Å². The Bertz CT molecular complexity index is 578. The number of nitrogens with zero attached hydrogens (tertiary/aromatic N) is 1. The summed E-state index contributed by atoms with van der Waals surface area (Å²) < 4.78 is 5.48. The first-order valence-electron chi connectivity index (χ1n) is 5.47. The first-order chi connectivity index (χ1) is 8.97. The lowest BCUT2D eigenvalue weighted by atomic mass is 10.2. The lowest BCUT2D eigenvalue weighted by Crippen LogP contribution is -2.22. The third kappa shape index (κ3) is 3.21. The molecule has 0 aromatic heterocycles. The maximum atomic E-state index is 11.8. The Kier molecular flexibility index (Phi) is 4.01. The van der Waals surface area contributed by atoms with Crippen molar-refractivity contribution in [2.45, 2.75) is 6.92 Å². The van der Waals surface area contributed by atoms with Gasteiger partial charge in [-0.05, 0) is 23.8 Å². The highest BCUT2D eigenvalue weighted by Gasteiger charge is 2.28. The summed E-state index contributed by atoms with van der Waals surface area (Å²) in [7, 11) is 1.66. The Labute approximate surface area is 120 Å². The molecule has 1 heterocycles. The van der Waals surface area contributed by atoms with Crippen molar-refractivity contribution in [3.05, 3.63) is 34.7 Å². The van der Waals surface area contributed by atoms with Crippen LogP contribution in [-0.2, 0) is 9.59 Å². The van der Waals surface area contributed by atoms with Gasteiger partial charge < -0.3 is 4.74 Å². The van der Waals surface area contributed by atoms with Crippen molar-refractivity contribution in [3.8, 4) is 5.75 Å². The number of ether oxygens (including phenoxy) is 1. The van der Waals surface area contributed by atoms with Crippen LogP contribution in [0.5, 0.6) is 5.75 Å². The minimum Gasteiger partial charge on any atom is -0.427 e. The minimum absolute atomic E-state index is 0.0981. The molecule has 4 nitrogen and oxygen atoms in total. The average Bonchev–Trinajstić information content (AvgIpc) is 2.59. The number of hydrogen-bond acceptors (Lipinski definition) is 5. The maximum absolute atomic E-state index is 11.8. The molecule has 0 radical (unpaired) electrons. The van der Waals surface area contributed by atoms with E-state index in [0.29, 0.717) is 15.0 Å². The van der Waals surface area contributed by atoms with Gasteiger partial charge in [-0.2, -0.15) is 0 Å². The number of rotatable bonds is 2. The van der Waals surface area contributed by atoms with Crippen LogP contribution >= 0.6 is 24.0 Å². The molecule has 1 aromatic carbocycles. The molecule has 0 aliphatic carbocycles. The molecule has 1 aliphatic heterocycles. The van der Waals surface area contributed by atoms with Crippen molar-refractivity contribution in [2.24, 2.45) is 0 Å². The van der Waals surface area contributed by atoms with Crippen LogP contribution in [0.1, 0.15) is 12.5 Å². The summed E-state index contributed by atoms with van der Waals surface area (Å²) in [4.78, 5) is 24.6. The van der Waals surface area contributed by atoms with Crippen molar-refractivity contribution < 1.29 is 14.3 Å². The predicted molar refractivity (Wildman–Crippen MR) is 78.7 cm³/mol. The van der Waals surface area contributed by atoms with Crippen LogP contribution in [0.2, 0.25) is 0 Å². The molecule has 2 rings (SSSR count). The van der Waals surface area contributed by atoms with Gasteiger partial charge in [-0.15, -0.1) is 0 Å². The second kappa shape index (κ2) is 5.54. The van der Waals surface area contributed by atoms with E-state index in [0.717, 1.165) is 5.56 Å². The molecule has 1 amide bonds. The van der Waals surface area contributed by atoms with E-state index in [4.69, 9.17) is 17.0 Å². The van der Waals surface area contributed by atoms with Gasteiger partial charge in [-0.3, -0.25) is 14.5 Å². The molecule has 0 spiro atoms. The van der Waals surface area contributed by atoms with Crippen molar-refractivity contribution >= 4 is 46.3 Å². The monoisotopic (exact) mass is 293 g/mol. The smallest absolute Gasteiger partial charge is 0.308 e. The number of hydrogen-bond donors (Lipinski definition) is 0. The number of thiocarbonyl (C=S) groups is 1. The molecule has 1 aliphatic rings. The van der Waals surface area contributed by atoms with Crippen LogP contribution in [0.15, 0.2) is 29.2 Å². The summed E-state index contributed by atoms with van der Waals surface area (Å²) in [6.45, 7) is 1.35. The molecular weight excluding hydrogens is 282 g/mol. The molecule has 98 valence electrons. The zero-order valence-electron chi connectivity index (χ0n) is 10.4. The van der Waals surface area contributed by atoms with Gasteiger partial charge in [-0.1, -0.05) is 36.1 Å². The van der Waals surface area contributed by atoms with E-state index in [1.54, 1.807) is 37.4 Å². The molecule has 0 N–H and O–H groups in total. The van der Waals surface area contributed by atoms with E-state index in [1.165, 1.54) is 23.6 Å². The Morgan fingerprint density at radius 2 is 2.00 bits per heavy atom. The van der Waals surface area contributed by atoms with Gasteiger partial charge in [0.2, 0.25) is 0 Å². The molecule has 1 aromatic rings. The normalized spacial score (nSPS) is 17.2. The maximum Gasteiger partial charge on any atom is 0.308 e. The van der Waals surface area contributed by atoms with E-state index in [2.05, 4.69) is 0 Å². The van der Waals surface area contributed by atoms with Gasteiger partial charge in [0.1, 0.15) is 10.1 Å². The molecule has 19 heavy (non-hydrogen) atoms. The van der Waals surface area contributed by atoms with Gasteiger partial charge in [0.25, 0.3) is 5.91 Å². The summed E-state index contributed by atoms with van der Waals surface area (Å²) in [5.74, 6) is 0.0198. The quantitative estimate of drug-likeness (QED) is 0.363. The zero-order valence-corrected chi connectivity index (χ0v) is 12.0. The van der Waals surface area contributed by atoms with Crippen LogP contribution < -0.4 is 4.74 Å². The van der Waals surface area contributed by atoms with Gasteiger partial charge in [0, 0.05) is 14.0 Å². The fourth-order valence-corrected chi connectivity index (χ4v) is 2.67. The Morgan fingerprint density at radius 1 is 1.37 bits per heavy atom. The summed E-state index contributed by atoms with van der Waals surface area (Å²) in [6.07, 6.45) is 1.76. The molecule has 1 fully saturated rings. The molecule has 0 atom stereocenters. The van der Waals surface area contributed by atoms with Crippen LogP contribution in [-0.4, -0.2) is 28.1 Å². The lowest BCUT2D eigenvalue weighted by Gasteiger charge is -2.03.